The van der Waals surface area contributed by atoms with Crippen LogP contribution in [0.5, 0.6) is 0 Å². The predicted molar refractivity (Wildman–Crippen MR) is 128 cm³/mol. The van der Waals surface area contributed by atoms with Gasteiger partial charge in [0.25, 0.3) is 5.91 Å². The first kappa shape index (κ1) is 20.8. The molecule has 0 saturated heterocycles. The van der Waals surface area contributed by atoms with Crippen molar-refractivity contribution < 1.29 is 4.79 Å². The zero-order chi connectivity index (χ0) is 22.4. The van der Waals surface area contributed by atoms with Crippen LogP contribution in [-0.4, -0.2) is 31.7 Å². The maximum atomic E-state index is 14.0. The van der Waals surface area contributed by atoms with Gasteiger partial charge in [0.05, 0.1) is 16.1 Å². The van der Waals surface area contributed by atoms with Crippen LogP contribution >= 0.6 is 11.6 Å². The smallest absolute Gasteiger partial charge is 0.262 e. The third kappa shape index (κ3) is 3.30. The lowest BCUT2D eigenvalue weighted by atomic mass is 9.64. The molecule has 2 atom stereocenters. The van der Waals surface area contributed by atoms with Gasteiger partial charge in [0.1, 0.15) is 0 Å². The van der Waals surface area contributed by atoms with E-state index in [0.29, 0.717) is 28.3 Å². The van der Waals surface area contributed by atoms with Crippen molar-refractivity contribution in [3.8, 4) is 11.4 Å². The Hall–Kier alpha value is -2.73. The Labute approximate surface area is 199 Å². The molecule has 33 heavy (non-hydrogen) atoms. The monoisotopic (exact) mass is 461 g/mol. The summed E-state index contributed by atoms with van der Waals surface area (Å²) < 4.78 is 2.13. The average molecular weight is 462 g/mol. The summed E-state index contributed by atoms with van der Waals surface area (Å²) >= 11 is 6.49. The summed E-state index contributed by atoms with van der Waals surface area (Å²) in [5.41, 5.74) is 1.34. The lowest BCUT2D eigenvalue weighted by Gasteiger charge is -2.55. The van der Waals surface area contributed by atoms with Crippen LogP contribution in [-0.2, 0) is 5.54 Å². The van der Waals surface area contributed by atoms with Gasteiger partial charge in [-0.25, -0.2) is 4.68 Å². The highest BCUT2D eigenvalue weighted by Gasteiger charge is 2.55. The molecule has 6 nitrogen and oxygen atoms in total. The molecule has 3 aliphatic rings. The van der Waals surface area contributed by atoms with Gasteiger partial charge in [0, 0.05) is 29.9 Å². The zero-order valence-electron chi connectivity index (χ0n) is 18.7. The van der Waals surface area contributed by atoms with Crippen molar-refractivity contribution >= 4 is 23.5 Å². The highest BCUT2D eigenvalue weighted by Crippen LogP contribution is 2.53. The Morgan fingerprint density at radius 1 is 1.00 bits per heavy atom. The second-order valence-corrected chi connectivity index (χ2v) is 10.1. The normalized spacial score (nSPS) is 23.7. The van der Waals surface area contributed by atoms with Crippen molar-refractivity contribution in [1.82, 2.24) is 19.7 Å². The molecule has 1 amide bonds. The molecular weight excluding hydrogens is 434 g/mol. The van der Waals surface area contributed by atoms with E-state index in [9.17, 15) is 4.79 Å². The number of anilines is 1. The fourth-order valence-corrected chi connectivity index (χ4v) is 6.70. The summed E-state index contributed by atoms with van der Waals surface area (Å²) in [7, 11) is 0. The summed E-state index contributed by atoms with van der Waals surface area (Å²) in [4.78, 5) is 25.2. The molecule has 0 bridgehead atoms. The first-order chi connectivity index (χ1) is 16.2. The van der Waals surface area contributed by atoms with Gasteiger partial charge in [-0.1, -0.05) is 55.8 Å². The van der Waals surface area contributed by atoms with Crippen LogP contribution in [0.1, 0.15) is 68.1 Å². The highest BCUT2D eigenvalue weighted by atomic mass is 35.5. The van der Waals surface area contributed by atoms with E-state index in [1.807, 2.05) is 35.2 Å². The molecule has 0 N–H and O–H groups in total. The molecule has 2 aromatic heterocycles. The number of hydrogen-bond donors (Lipinski definition) is 0. The molecule has 0 radical (unpaired) electrons. The van der Waals surface area contributed by atoms with Gasteiger partial charge in [-0.05, 0) is 49.9 Å². The first-order valence-corrected chi connectivity index (χ1v) is 12.5. The molecule has 1 aliphatic heterocycles. The number of fused-ring (bicyclic) bond motifs is 4. The summed E-state index contributed by atoms with van der Waals surface area (Å²) in [5, 5.41) is 5.55. The fraction of sp³-hybridized carbons (Fsp3) is 0.462. The molecule has 2 fully saturated rings. The van der Waals surface area contributed by atoms with Crippen molar-refractivity contribution in [1.29, 1.82) is 0 Å². The van der Waals surface area contributed by atoms with Crippen molar-refractivity contribution in [3.63, 3.8) is 0 Å². The number of aromatic nitrogens is 4. The van der Waals surface area contributed by atoms with E-state index in [1.54, 1.807) is 18.5 Å². The number of carbonyl (C=O) groups excluding carboxylic acids is 1. The summed E-state index contributed by atoms with van der Waals surface area (Å²) in [6.45, 7) is 0. The molecule has 2 aliphatic carbocycles. The van der Waals surface area contributed by atoms with Gasteiger partial charge in [0.15, 0.2) is 5.82 Å². The van der Waals surface area contributed by atoms with E-state index in [0.717, 1.165) is 37.7 Å². The molecule has 2 saturated carbocycles. The van der Waals surface area contributed by atoms with Gasteiger partial charge < -0.3 is 0 Å². The lowest BCUT2D eigenvalue weighted by molar-refractivity contribution is 0.0314. The number of halogens is 1. The quantitative estimate of drug-likeness (QED) is 0.478. The zero-order valence-corrected chi connectivity index (χ0v) is 19.4. The molecule has 170 valence electrons. The topological polar surface area (TPSA) is 63.9 Å². The molecule has 1 aromatic carbocycles. The Morgan fingerprint density at radius 2 is 1.82 bits per heavy atom. The minimum atomic E-state index is -0.0745. The molecule has 0 unspecified atom stereocenters. The van der Waals surface area contributed by atoms with Crippen molar-refractivity contribution in [2.75, 3.05) is 4.90 Å². The lowest BCUT2D eigenvalue weighted by Crippen LogP contribution is -2.61. The average Bonchev–Trinajstić information content (AvgIpc) is 3.32. The molecule has 3 heterocycles. The van der Waals surface area contributed by atoms with E-state index in [-0.39, 0.29) is 17.5 Å². The van der Waals surface area contributed by atoms with Gasteiger partial charge in [-0.3, -0.25) is 14.7 Å². The van der Waals surface area contributed by atoms with Crippen LogP contribution < -0.4 is 4.90 Å². The fourth-order valence-electron chi connectivity index (χ4n) is 6.48. The third-order valence-electron chi connectivity index (χ3n) is 7.94. The maximum Gasteiger partial charge on any atom is 0.262 e. The van der Waals surface area contributed by atoms with Gasteiger partial charge in [-0.2, -0.15) is 4.98 Å². The van der Waals surface area contributed by atoms with Crippen LogP contribution in [0, 0.1) is 5.92 Å². The Kier molecular flexibility index (Phi) is 5.21. The minimum Gasteiger partial charge on any atom is -0.273 e. The second kappa shape index (κ2) is 8.24. The standard InChI is InChI=1S/C26H28ClN5O/c27-21-12-4-2-10-19(21)24(33)31-22-13-5-3-11-20(22)26(14-6-1-7-15-26)32-25(31)29-23(30-32)18-9-8-16-28-17-18/h2,4,8-10,12,16-17,20,22H,1,3,5-7,11,13-15H2/t20-,22+/m1/s1. The number of rotatable bonds is 2. The van der Waals surface area contributed by atoms with E-state index in [2.05, 4.69) is 9.67 Å². The van der Waals surface area contributed by atoms with Crippen LogP contribution in [0.3, 0.4) is 0 Å². The SMILES string of the molecule is O=C(c1ccccc1Cl)N1c2nc(-c3cccnc3)nn2C2(CCCCC2)[C@@H]2CCCC[C@@H]21. The molecule has 7 heteroatoms. The Morgan fingerprint density at radius 3 is 2.61 bits per heavy atom. The predicted octanol–water partition coefficient (Wildman–Crippen LogP) is 5.87. The highest BCUT2D eigenvalue weighted by molar-refractivity contribution is 6.34. The second-order valence-electron chi connectivity index (χ2n) is 9.67. The van der Waals surface area contributed by atoms with Crippen LogP contribution in [0.2, 0.25) is 5.02 Å². The van der Waals surface area contributed by atoms with Gasteiger partial charge in [0.2, 0.25) is 5.95 Å². The van der Waals surface area contributed by atoms with Crippen LogP contribution in [0.4, 0.5) is 5.95 Å². The van der Waals surface area contributed by atoms with Crippen molar-refractivity contribution in [3.05, 3.63) is 59.4 Å². The Balaban J connectivity index is 1.56. The summed E-state index contributed by atoms with van der Waals surface area (Å²) in [6.07, 6.45) is 13.9. The summed E-state index contributed by atoms with van der Waals surface area (Å²) in [6, 6.07) is 11.3. The first-order valence-electron chi connectivity index (χ1n) is 12.1. The maximum absolute atomic E-state index is 14.0. The molecule has 3 aromatic rings. The third-order valence-corrected chi connectivity index (χ3v) is 8.27. The molecular formula is C26H28ClN5O. The number of pyridine rings is 1. The Bertz CT molecular complexity index is 1170. The molecule has 6 rings (SSSR count). The van der Waals surface area contributed by atoms with Gasteiger partial charge >= 0.3 is 0 Å². The van der Waals surface area contributed by atoms with E-state index < -0.39 is 0 Å². The number of carbonyl (C=O) groups is 1. The van der Waals surface area contributed by atoms with Crippen molar-refractivity contribution in [2.45, 2.75) is 69.4 Å². The number of benzene rings is 1. The van der Waals surface area contributed by atoms with E-state index in [1.165, 1.54) is 25.7 Å². The van der Waals surface area contributed by atoms with E-state index in [4.69, 9.17) is 21.7 Å². The molecule has 1 spiro atoms. The van der Waals surface area contributed by atoms with E-state index >= 15 is 0 Å². The largest absolute Gasteiger partial charge is 0.273 e. The van der Waals surface area contributed by atoms with Gasteiger partial charge in [-0.15, -0.1) is 5.10 Å². The minimum absolute atomic E-state index is 0.0661. The number of amides is 1. The van der Waals surface area contributed by atoms with Crippen molar-refractivity contribution in [2.24, 2.45) is 5.92 Å². The van der Waals surface area contributed by atoms with Crippen LogP contribution in [0.25, 0.3) is 11.4 Å². The number of hydrogen-bond acceptors (Lipinski definition) is 4. The summed E-state index contributed by atoms with van der Waals surface area (Å²) in [5.74, 6) is 1.62. The number of nitrogens with zero attached hydrogens (tertiary/aromatic N) is 5. The van der Waals surface area contributed by atoms with Crippen LogP contribution in [0.15, 0.2) is 48.8 Å².